The summed E-state index contributed by atoms with van der Waals surface area (Å²) in [7, 11) is 0. The Bertz CT molecular complexity index is 1230. The summed E-state index contributed by atoms with van der Waals surface area (Å²) in [4.78, 5) is 27.2. The van der Waals surface area contributed by atoms with E-state index in [1.165, 1.54) is 12.1 Å². The third-order valence-electron chi connectivity index (χ3n) is 4.44. The second kappa shape index (κ2) is 12.1. The summed E-state index contributed by atoms with van der Waals surface area (Å²) in [6.07, 6.45) is 0. The zero-order valence-electron chi connectivity index (χ0n) is 15.9. The van der Waals surface area contributed by atoms with Crippen molar-refractivity contribution < 1.29 is 9.59 Å². The number of nitrogens with two attached hydrogens (primary N) is 1. The van der Waals surface area contributed by atoms with Gasteiger partial charge in [-0.15, -0.1) is 0 Å². The highest BCUT2D eigenvalue weighted by Gasteiger charge is 2.33. The standard InChI is InChI=1S/C20H6Br10N2O2/c21-7-9(23)13(27)17(14(28)10(7)24)32(18-15(29)11(25)8(22)12(26)16(18)30)20(34)6-3-1-5(2-4-6)19(31)33/h1-4H,(H2,31,33). The predicted octanol–water partition coefficient (Wildman–Crippen LogP) is 11.4. The maximum atomic E-state index is 14.1. The lowest BCUT2D eigenvalue weighted by atomic mass is 10.1. The van der Waals surface area contributed by atoms with Crippen molar-refractivity contribution in [3.05, 3.63) is 80.1 Å². The zero-order chi connectivity index (χ0) is 25.6. The lowest BCUT2D eigenvalue weighted by Gasteiger charge is -2.30. The van der Waals surface area contributed by atoms with Gasteiger partial charge in [-0.2, -0.15) is 0 Å². The molecule has 0 aliphatic carbocycles. The van der Waals surface area contributed by atoms with E-state index >= 15 is 0 Å². The van der Waals surface area contributed by atoms with Gasteiger partial charge in [0.25, 0.3) is 5.91 Å². The fourth-order valence-electron chi connectivity index (χ4n) is 2.80. The average molecular weight is 1110 g/mol. The van der Waals surface area contributed by atoms with Gasteiger partial charge in [-0.3, -0.25) is 14.5 Å². The minimum atomic E-state index is -0.576. The van der Waals surface area contributed by atoms with Crippen LogP contribution in [0.25, 0.3) is 0 Å². The van der Waals surface area contributed by atoms with Crippen LogP contribution in [0.5, 0.6) is 0 Å². The van der Waals surface area contributed by atoms with E-state index in [0.29, 0.717) is 58.3 Å². The van der Waals surface area contributed by atoms with Crippen LogP contribution in [0, 0.1) is 0 Å². The molecular formula is C20H6Br10N2O2. The Kier molecular flexibility index (Phi) is 10.6. The molecule has 178 valence electrons. The van der Waals surface area contributed by atoms with Gasteiger partial charge in [0.05, 0.1) is 29.3 Å². The maximum Gasteiger partial charge on any atom is 0.262 e. The van der Waals surface area contributed by atoms with Crippen LogP contribution in [-0.4, -0.2) is 11.8 Å². The molecule has 0 heterocycles. The second-order valence-corrected chi connectivity index (χ2v) is 14.3. The van der Waals surface area contributed by atoms with Gasteiger partial charge in [0.1, 0.15) is 0 Å². The van der Waals surface area contributed by atoms with E-state index in [0.717, 1.165) is 8.95 Å². The maximum absolute atomic E-state index is 14.1. The highest BCUT2D eigenvalue weighted by molar-refractivity contribution is 9.16. The molecule has 3 aromatic carbocycles. The Morgan fingerprint density at radius 3 is 1.06 bits per heavy atom. The molecule has 3 rings (SSSR count). The SMILES string of the molecule is NC(=O)c1ccc(C(=O)N(c2c(Br)c(Br)c(Br)c(Br)c2Br)c2c(Br)c(Br)c(Br)c(Br)c2Br)cc1. The number of rotatable bonds is 4. The van der Waals surface area contributed by atoms with E-state index in [2.05, 4.69) is 159 Å². The summed E-state index contributed by atoms with van der Waals surface area (Å²) in [6.45, 7) is 0. The summed E-state index contributed by atoms with van der Waals surface area (Å²) in [5, 5.41) is 0. The van der Waals surface area contributed by atoms with Gasteiger partial charge in [0.2, 0.25) is 5.91 Å². The first-order valence-electron chi connectivity index (χ1n) is 8.58. The van der Waals surface area contributed by atoms with Crippen LogP contribution in [0.4, 0.5) is 11.4 Å². The normalized spacial score (nSPS) is 11.0. The van der Waals surface area contributed by atoms with Gasteiger partial charge >= 0.3 is 0 Å². The Morgan fingerprint density at radius 1 is 0.500 bits per heavy atom. The van der Waals surface area contributed by atoms with Gasteiger partial charge < -0.3 is 5.73 Å². The minimum absolute atomic E-state index is 0.302. The van der Waals surface area contributed by atoms with Crippen LogP contribution >= 0.6 is 159 Å². The number of halogens is 10. The van der Waals surface area contributed by atoms with Crippen molar-refractivity contribution >= 4 is 182 Å². The lowest BCUT2D eigenvalue weighted by Crippen LogP contribution is -2.28. The van der Waals surface area contributed by atoms with E-state index in [9.17, 15) is 9.59 Å². The van der Waals surface area contributed by atoms with Gasteiger partial charge in [0.15, 0.2) is 0 Å². The molecular weight excluding hydrogens is 1100 g/mol. The van der Waals surface area contributed by atoms with E-state index in [1.807, 2.05) is 0 Å². The molecule has 0 saturated heterocycles. The topological polar surface area (TPSA) is 63.4 Å². The number of benzene rings is 3. The zero-order valence-corrected chi connectivity index (χ0v) is 31.8. The fraction of sp³-hybridized carbons (Fsp3) is 0. The lowest BCUT2D eigenvalue weighted by molar-refractivity contribution is 0.0987. The summed E-state index contributed by atoms with van der Waals surface area (Å²) >= 11 is 36.0. The Morgan fingerprint density at radius 2 is 0.765 bits per heavy atom. The third-order valence-corrected chi connectivity index (χ3v) is 16.5. The highest BCUT2D eigenvalue weighted by atomic mass is 79.9. The largest absolute Gasteiger partial charge is 0.366 e. The highest BCUT2D eigenvalue weighted by Crippen LogP contribution is 2.55. The molecule has 0 saturated carbocycles. The summed E-state index contributed by atoms with van der Waals surface area (Å²) in [5.74, 6) is -0.936. The first-order chi connectivity index (χ1) is 15.8. The molecule has 0 aromatic heterocycles. The molecule has 0 spiro atoms. The average Bonchev–Trinajstić information content (AvgIpc) is 2.82. The molecule has 3 aromatic rings. The summed E-state index contributed by atoms with van der Waals surface area (Å²) < 4.78 is 6.76. The van der Waals surface area contributed by atoms with Gasteiger partial charge in [-0.25, -0.2) is 0 Å². The molecule has 0 fully saturated rings. The third kappa shape index (κ3) is 5.56. The predicted molar refractivity (Wildman–Crippen MR) is 171 cm³/mol. The van der Waals surface area contributed by atoms with Crippen molar-refractivity contribution in [1.82, 2.24) is 0 Å². The quantitative estimate of drug-likeness (QED) is 0.209. The van der Waals surface area contributed by atoms with Crippen molar-refractivity contribution in [3.63, 3.8) is 0 Å². The number of anilines is 2. The van der Waals surface area contributed by atoms with Crippen LogP contribution in [0.2, 0.25) is 0 Å². The molecule has 0 aliphatic rings. The van der Waals surface area contributed by atoms with E-state index in [-0.39, 0.29) is 5.91 Å². The fourth-order valence-corrected chi connectivity index (χ4v) is 9.56. The van der Waals surface area contributed by atoms with E-state index in [4.69, 9.17) is 5.73 Å². The van der Waals surface area contributed by atoms with Crippen LogP contribution in [0.1, 0.15) is 20.7 Å². The Balaban J connectivity index is 2.43. The van der Waals surface area contributed by atoms with Crippen molar-refractivity contribution in [2.45, 2.75) is 0 Å². The molecule has 0 atom stereocenters. The number of nitrogens with zero attached hydrogens (tertiary/aromatic N) is 1. The summed E-state index contributed by atoms with van der Waals surface area (Å²) in [6, 6.07) is 6.15. The smallest absolute Gasteiger partial charge is 0.262 e. The summed E-state index contributed by atoms with van der Waals surface area (Å²) in [5.41, 5.74) is 7.05. The number of primary amides is 1. The van der Waals surface area contributed by atoms with Gasteiger partial charge in [0, 0.05) is 38.0 Å². The first kappa shape index (κ1) is 29.9. The Labute approximate surface area is 278 Å². The molecule has 0 aliphatic heterocycles. The van der Waals surface area contributed by atoms with Gasteiger partial charge in [-0.05, 0) is 184 Å². The van der Waals surface area contributed by atoms with Crippen molar-refractivity contribution in [1.29, 1.82) is 0 Å². The number of carbonyl (C=O) groups is 2. The van der Waals surface area contributed by atoms with E-state index in [1.54, 1.807) is 17.0 Å². The van der Waals surface area contributed by atoms with Crippen molar-refractivity contribution in [2.75, 3.05) is 4.90 Å². The Hall–Kier alpha value is 1.40. The molecule has 0 bridgehead atoms. The number of amides is 2. The molecule has 2 N–H and O–H groups in total. The molecule has 34 heavy (non-hydrogen) atoms. The van der Waals surface area contributed by atoms with Crippen molar-refractivity contribution in [3.8, 4) is 0 Å². The second-order valence-electron chi connectivity index (χ2n) is 6.42. The molecule has 0 radical (unpaired) electrons. The van der Waals surface area contributed by atoms with Crippen LogP contribution in [0.15, 0.2) is 69.0 Å². The van der Waals surface area contributed by atoms with E-state index < -0.39 is 5.91 Å². The van der Waals surface area contributed by atoms with Gasteiger partial charge in [-0.1, -0.05) is 0 Å². The molecule has 4 nitrogen and oxygen atoms in total. The molecule has 0 unspecified atom stereocenters. The molecule has 14 heteroatoms. The van der Waals surface area contributed by atoms with Crippen molar-refractivity contribution in [2.24, 2.45) is 5.73 Å². The first-order valence-corrected chi connectivity index (χ1v) is 16.5. The molecule has 2 amide bonds. The minimum Gasteiger partial charge on any atom is -0.366 e. The van der Waals surface area contributed by atoms with Crippen LogP contribution in [0.3, 0.4) is 0 Å². The van der Waals surface area contributed by atoms with Crippen LogP contribution in [-0.2, 0) is 0 Å². The number of carbonyl (C=O) groups excluding carboxylic acids is 2. The number of hydrogen-bond donors (Lipinski definition) is 1. The number of hydrogen-bond acceptors (Lipinski definition) is 2. The van der Waals surface area contributed by atoms with Crippen LogP contribution < -0.4 is 10.6 Å². The monoisotopic (exact) mass is 1100 g/mol.